The maximum atomic E-state index is 12.8. The number of nitrogens with one attached hydrogen (secondary N) is 1. The number of hydrogen-bond donors (Lipinski definition) is 1. The topological polar surface area (TPSA) is 58.6 Å². The van der Waals surface area contributed by atoms with Crippen LogP contribution in [0.3, 0.4) is 0 Å². The summed E-state index contributed by atoms with van der Waals surface area (Å²) in [5.74, 6) is 0.750. The summed E-state index contributed by atoms with van der Waals surface area (Å²) in [7, 11) is 0. The average molecular weight is 435 g/mol. The quantitative estimate of drug-likeness (QED) is 0.557. The molecule has 0 aliphatic carbocycles. The van der Waals surface area contributed by atoms with Crippen LogP contribution < -0.4 is 15.0 Å². The molecule has 0 saturated carbocycles. The first-order valence-corrected chi connectivity index (χ1v) is 10.5. The van der Waals surface area contributed by atoms with Gasteiger partial charge in [0.1, 0.15) is 11.5 Å². The van der Waals surface area contributed by atoms with Crippen molar-refractivity contribution in [2.24, 2.45) is 5.92 Å². The van der Waals surface area contributed by atoms with E-state index in [9.17, 15) is 9.59 Å². The molecule has 5 nitrogen and oxygen atoms in total. The monoisotopic (exact) mass is 434 g/mol. The maximum absolute atomic E-state index is 12.8. The van der Waals surface area contributed by atoms with E-state index in [1.54, 1.807) is 53.4 Å². The first-order valence-electron chi connectivity index (χ1n) is 10.1. The lowest BCUT2D eigenvalue weighted by Gasteiger charge is -2.20. The molecule has 3 aromatic carbocycles. The fourth-order valence-electron chi connectivity index (χ4n) is 3.63. The standard InChI is InChI=1S/C25H23ClN2O3/c1-16-4-3-5-23(17(16)2)28-15-18(14-24(28)29)25(30)27-20-8-12-22(13-9-20)31-21-10-6-19(26)7-11-21/h3-13,18H,14-15H2,1-2H3,(H,27,30)/t18-/m1/s1. The minimum absolute atomic E-state index is 0.0273. The van der Waals surface area contributed by atoms with Gasteiger partial charge in [-0.05, 0) is 79.6 Å². The van der Waals surface area contributed by atoms with Gasteiger partial charge >= 0.3 is 0 Å². The maximum Gasteiger partial charge on any atom is 0.229 e. The molecule has 1 heterocycles. The van der Waals surface area contributed by atoms with Gasteiger partial charge in [-0.1, -0.05) is 23.7 Å². The van der Waals surface area contributed by atoms with Crippen molar-refractivity contribution >= 4 is 34.8 Å². The van der Waals surface area contributed by atoms with E-state index in [2.05, 4.69) is 5.32 Å². The zero-order chi connectivity index (χ0) is 22.0. The molecule has 0 unspecified atom stereocenters. The summed E-state index contributed by atoms with van der Waals surface area (Å²) >= 11 is 5.89. The van der Waals surface area contributed by atoms with Crippen LogP contribution in [-0.2, 0) is 9.59 Å². The Kier molecular flexibility index (Phi) is 5.96. The first kappa shape index (κ1) is 20.9. The van der Waals surface area contributed by atoms with Crippen molar-refractivity contribution in [1.82, 2.24) is 0 Å². The van der Waals surface area contributed by atoms with Gasteiger partial charge in [-0.2, -0.15) is 0 Å². The molecular formula is C25H23ClN2O3. The lowest BCUT2D eigenvalue weighted by atomic mass is 10.1. The Morgan fingerprint density at radius 1 is 1.00 bits per heavy atom. The van der Waals surface area contributed by atoms with Gasteiger partial charge < -0.3 is 15.0 Å². The van der Waals surface area contributed by atoms with E-state index in [0.717, 1.165) is 16.8 Å². The minimum Gasteiger partial charge on any atom is -0.457 e. The summed E-state index contributed by atoms with van der Waals surface area (Å²) in [5.41, 5.74) is 3.72. The van der Waals surface area contributed by atoms with Crippen molar-refractivity contribution in [1.29, 1.82) is 0 Å². The highest BCUT2D eigenvalue weighted by Crippen LogP contribution is 2.30. The highest BCUT2D eigenvalue weighted by Gasteiger charge is 2.35. The van der Waals surface area contributed by atoms with Crippen molar-refractivity contribution in [3.63, 3.8) is 0 Å². The van der Waals surface area contributed by atoms with Gasteiger partial charge in [-0.3, -0.25) is 9.59 Å². The van der Waals surface area contributed by atoms with Crippen LogP contribution in [0.15, 0.2) is 66.7 Å². The van der Waals surface area contributed by atoms with Crippen LogP contribution in [0.1, 0.15) is 17.5 Å². The Labute approximate surface area is 186 Å². The molecular weight excluding hydrogens is 412 g/mol. The molecule has 6 heteroatoms. The van der Waals surface area contributed by atoms with Crippen LogP contribution in [0.5, 0.6) is 11.5 Å². The number of benzene rings is 3. The van der Waals surface area contributed by atoms with Crippen LogP contribution in [0.2, 0.25) is 5.02 Å². The average Bonchev–Trinajstić information content (AvgIpc) is 3.15. The zero-order valence-corrected chi connectivity index (χ0v) is 18.1. The van der Waals surface area contributed by atoms with Gasteiger partial charge in [0, 0.05) is 29.4 Å². The number of carbonyl (C=O) groups is 2. The molecule has 2 amide bonds. The van der Waals surface area contributed by atoms with Gasteiger partial charge in [0.25, 0.3) is 0 Å². The van der Waals surface area contributed by atoms with Gasteiger partial charge in [0.2, 0.25) is 11.8 Å². The number of nitrogens with zero attached hydrogens (tertiary/aromatic N) is 1. The molecule has 4 rings (SSSR count). The second-order valence-electron chi connectivity index (χ2n) is 7.69. The molecule has 3 aromatic rings. The third kappa shape index (κ3) is 4.72. The normalized spacial score (nSPS) is 15.8. The van der Waals surface area contributed by atoms with Crippen LogP contribution in [0.4, 0.5) is 11.4 Å². The Morgan fingerprint density at radius 3 is 2.32 bits per heavy atom. The van der Waals surface area contributed by atoms with Crippen molar-refractivity contribution in [3.05, 3.63) is 82.9 Å². The Hall–Kier alpha value is -3.31. The number of aryl methyl sites for hydroxylation is 1. The molecule has 0 radical (unpaired) electrons. The number of amides is 2. The molecule has 1 saturated heterocycles. The van der Waals surface area contributed by atoms with Crippen molar-refractivity contribution < 1.29 is 14.3 Å². The molecule has 1 N–H and O–H groups in total. The molecule has 1 fully saturated rings. The molecule has 1 atom stereocenters. The summed E-state index contributed by atoms with van der Waals surface area (Å²) in [6.07, 6.45) is 0.205. The van der Waals surface area contributed by atoms with Crippen LogP contribution in [0, 0.1) is 19.8 Å². The number of anilines is 2. The zero-order valence-electron chi connectivity index (χ0n) is 17.4. The predicted molar refractivity (Wildman–Crippen MR) is 123 cm³/mol. The Balaban J connectivity index is 1.38. The SMILES string of the molecule is Cc1cccc(N2C[C@H](C(=O)Nc3ccc(Oc4ccc(Cl)cc4)cc3)CC2=O)c1C. The molecule has 1 aliphatic heterocycles. The number of ether oxygens (including phenoxy) is 1. The minimum atomic E-state index is -0.391. The summed E-state index contributed by atoms with van der Waals surface area (Å²) in [5, 5.41) is 3.56. The van der Waals surface area contributed by atoms with E-state index in [1.807, 2.05) is 32.0 Å². The van der Waals surface area contributed by atoms with Crippen LogP contribution in [0.25, 0.3) is 0 Å². The largest absolute Gasteiger partial charge is 0.457 e. The number of halogens is 1. The third-order valence-corrected chi connectivity index (χ3v) is 5.79. The highest BCUT2D eigenvalue weighted by atomic mass is 35.5. The second-order valence-corrected chi connectivity index (χ2v) is 8.13. The fourth-order valence-corrected chi connectivity index (χ4v) is 3.76. The first-order chi connectivity index (χ1) is 14.9. The van der Waals surface area contributed by atoms with E-state index in [1.165, 1.54) is 0 Å². The van der Waals surface area contributed by atoms with E-state index in [4.69, 9.17) is 16.3 Å². The second kappa shape index (κ2) is 8.82. The van der Waals surface area contributed by atoms with E-state index in [-0.39, 0.29) is 18.2 Å². The third-order valence-electron chi connectivity index (χ3n) is 5.53. The summed E-state index contributed by atoms with van der Waals surface area (Å²) in [6.45, 7) is 4.40. The van der Waals surface area contributed by atoms with Crippen molar-refractivity contribution in [2.45, 2.75) is 20.3 Å². The van der Waals surface area contributed by atoms with E-state index in [0.29, 0.717) is 28.8 Å². The van der Waals surface area contributed by atoms with Gasteiger partial charge in [-0.25, -0.2) is 0 Å². The van der Waals surface area contributed by atoms with E-state index < -0.39 is 5.92 Å². The lowest BCUT2D eigenvalue weighted by Crippen LogP contribution is -2.28. The lowest BCUT2D eigenvalue weighted by molar-refractivity contribution is -0.122. The summed E-state index contributed by atoms with van der Waals surface area (Å²) in [4.78, 5) is 27.0. The molecule has 0 bridgehead atoms. The van der Waals surface area contributed by atoms with Crippen LogP contribution >= 0.6 is 11.6 Å². The highest BCUT2D eigenvalue weighted by molar-refractivity contribution is 6.30. The number of hydrogen-bond acceptors (Lipinski definition) is 3. The Morgan fingerprint density at radius 2 is 1.65 bits per heavy atom. The smallest absolute Gasteiger partial charge is 0.229 e. The predicted octanol–water partition coefficient (Wildman–Crippen LogP) is 5.74. The molecule has 1 aliphatic rings. The summed E-state index contributed by atoms with van der Waals surface area (Å²) < 4.78 is 5.77. The van der Waals surface area contributed by atoms with Gasteiger partial charge in [0.15, 0.2) is 0 Å². The molecule has 0 spiro atoms. The van der Waals surface area contributed by atoms with Gasteiger partial charge in [-0.15, -0.1) is 0 Å². The Bertz CT molecular complexity index is 1110. The number of rotatable bonds is 5. The molecule has 31 heavy (non-hydrogen) atoms. The number of carbonyl (C=O) groups excluding carboxylic acids is 2. The molecule has 0 aromatic heterocycles. The summed E-state index contributed by atoms with van der Waals surface area (Å²) in [6, 6.07) is 20.1. The molecule has 158 valence electrons. The van der Waals surface area contributed by atoms with Crippen molar-refractivity contribution in [2.75, 3.05) is 16.8 Å². The van der Waals surface area contributed by atoms with E-state index >= 15 is 0 Å². The van der Waals surface area contributed by atoms with Gasteiger partial charge in [0.05, 0.1) is 5.92 Å². The fraction of sp³-hybridized carbons (Fsp3) is 0.200. The van der Waals surface area contributed by atoms with Crippen LogP contribution in [-0.4, -0.2) is 18.4 Å². The van der Waals surface area contributed by atoms with Crippen molar-refractivity contribution in [3.8, 4) is 11.5 Å².